The molecule has 2 aromatic heterocycles. The molecule has 132 valence electrons. The maximum Gasteiger partial charge on any atom is 0.251 e. The Labute approximate surface area is 152 Å². The van der Waals surface area contributed by atoms with Crippen molar-refractivity contribution in [2.75, 3.05) is 0 Å². The molecule has 3 aromatic rings. The van der Waals surface area contributed by atoms with Crippen molar-refractivity contribution in [3.63, 3.8) is 0 Å². The highest BCUT2D eigenvalue weighted by atomic mass is 16.1. The lowest BCUT2D eigenvalue weighted by Gasteiger charge is -2.22. The van der Waals surface area contributed by atoms with Gasteiger partial charge < -0.3 is 5.32 Å². The summed E-state index contributed by atoms with van der Waals surface area (Å²) in [7, 11) is 0. The standard InChI is InChI=1S/C21H22N4O/c26-21(24-18-7-2-1-3-8-18)17-6-4-5-16(13-17)20-19(14-23-25-20)15-9-11-22-12-10-15/h4-6,9-14,18H,1-3,7-8H2,(H,23,25)(H,24,26). The molecule has 4 rings (SSSR count). The van der Waals surface area contributed by atoms with E-state index in [1.807, 2.05) is 36.4 Å². The number of amides is 1. The zero-order valence-corrected chi connectivity index (χ0v) is 14.6. The first-order valence-electron chi connectivity index (χ1n) is 9.16. The van der Waals surface area contributed by atoms with Gasteiger partial charge in [0.25, 0.3) is 5.91 Å². The van der Waals surface area contributed by atoms with Gasteiger partial charge in [0.05, 0.1) is 11.9 Å². The lowest BCUT2D eigenvalue weighted by molar-refractivity contribution is 0.0928. The summed E-state index contributed by atoms with van der Waals surface area (Å²) in [6.45, 7) is 0. The SMILES string of the molecule is O=C(NC1CCCCC1)c1cccc(-c2[nH]ncc2-c2ccncc2)c1. The van der Waals surface area contributed by atoms with E-state index in [4.69, 9.17) is 0 Å². The highest BCUT2D eigenvalue weighted by molar-refractivity contribution is 5.96. The van der Waals surface area contributed by atoms with E-state index in [9.17, 15) is 4.79 Å². The Morgan fingerprint density at radius 2 is 1.85 bits per heavy atom. The lowest BCUT2D eigenvalue weighted by atomic mass is 9.95. The van der Waals surface area contributed by atoms with Crippen LogP contribution >= 0.6 is 0 Å². The minimum atomic E-state index is 0.00345. The number of carbonyl (C=O) groups is 1. The number of H-pyrrole nitrogens is 1. The summed E-state index contributed by atoms with van der Waals surface area (Å²) in [6, 6.07) is 11.9. The predicted octanol–water partition coefficient (Wildman–Crippen LogP) is 4.20. The molecule has 1 amide bonds. The van der Waals surface area contributed by atoms with Gasteiger partial charge in [-0.05, 0) is 42.7 Å². The first kappa shape index (κ1) is 16.5. The van der Waals surface area contributed by atoms with Gasteiger partial charge in [0.15, 0.2) is 0 Å². The van der Waals surface area contributed by atoms with Crippen LogP contribution in [0.3, 0.4) is 0 Å². The molecular weight excluding hydrogens is 324 g/mol. The lowest BCUT2D eigenvalue weighted by Crippen LogP contribution is -2.36. The summed E-state index contributed by atoms with van der Waals surface area (Å²) in [4.78, 5) is 16.7. The molecule has 0 atom stereocenters. The summed E-state index contributed by atoms with van der Waals surface area (Å²) in [6.07, 6.45) is 11.2. The number of nitrogens with one attached hydrogen (secondary N) is 2. The second kappa shape index (κ2) is 7.52. The number of aromatic nitrogens is 3. The Kier molecular flexibility index (Phi) is 4.78. The fourth-order valence-corrected chi connectivity index (χ4v) is 3.59. The fourth-order valence-electron chi connectivity index (χ4n) is 3.59. The van der Waals surface area contributed by atoms with Gasteiger partial charge in [-0.2, -0.15) is 5.10 Å². The summed E-state index contributed by atoms with van der Waals surface area (Å²) >= 11 is 0. The minimum absolute atomic E-state index is 0.00345. The van der Waals surface area contributed by atoms with Crippen LogP contribution in [0.2, 0.25) is 0 Å². The zero-order chi connectivity index (χ0) is 17.8. The Morgan fingerprint density at radius 1 is 1.04 bits per heavy atom. The van der Waals surface area contributed by atoms with E-state index in [1.165, 1.54) is 19.3 Å². The van der Waals surface area contributed by atoms with Crippen LogP contribution in [-0.2, 0) is 0 Å². The molecule has 0 radical (unpaired) electrons. The summed E-state index contributed by atoms with van der Waals surface area (Å²) in [5.74, 6) is 0.00345. The first-order valence-corrected chi connectivity index (χ1v) is 9.16. The van der Waals surface area contributed by atoms with Crippen LogP contribution in [0.4, 0.5) is 0 Å². The quantitative estimate of drug-likeness (QED) is 0.744. The molecular formula is C21H22N4O. The molecule has 1 fully saturated rings. The fraction of sp³-hybridized carbons (Fsp3) is 0.286. The van der Waals surface area contributed by atoms with Crippen LogP contribution in [0, 0.1) is 0 Å². The van der Waals surface area contributed by atoms with Crippen molar-refractivity contribution in [3.8, 4) is 22.4 Å². The van der Waals surface area contributed by atoms with Crippen molar-refractivity contribution in [3.05, 3.63) is 60.6 Å². The molecule has 0 saturated heterocycles. The van der Waals surface area contributed by atoms with E-state index < -0.39 is 0 Å². The van der Waals surface area contributed by atoms with E-state index in [0.717, 1.165) is 35.2 Å². The van der Waals surface area contributed by atoms with Crippen LogP contribution in [0.25, 0.3) is 22.4 Å². The van der Waals surface area contributed by atoms with Crippen molar-refractivity contribution >= 4 is 5.91 Å². The van der Waals surface area contributed by atoms with Crippen LogP contribution in [-0.4, -0.2) is 27.1 Å². The molecule has 2 heterocycles. The van der Waals surface area contributed by atoms with E-state index >= 15 is 0 Å². The number of benzene rings is 1. The normalized spacial score (nSPS) is 14.9. The van der Waals surface area contributed by atoms with E-state index in [2.05, 4.69) is 20.5 Å². The van der Waals surface area contributed by atoms with Crippen molar-refractivity contribution in [1.82, 2.24) is 20.5 Å². The van der Waals surface area contributed by atoms with Crippen molar-refractivity contribution in [2.24, 2.45) is 0 Å². The third-order valence-corrected chi connectivity index (χ3v) is 4.98. The molecule has 0 spiro atoms. The number of aromatic amines is 1. The molecule has 5 nitrogen and oxygen atoms in total. The summed E-state index contributed by atoms with van der Waals surface area (Å²) in [5.41, 5.74) is 4.58. The number of nitrogens with zero attached hydrogens (tertiary/aromatic N) is 2. The van der Waals surface area contributed by atoms with Gasteiger partial charge >= 0.3 is 0 Å². The Balaban J connectivity index is 1.59. The van der Waals surface area contributed by atoms with Crippen LogP contribution in [0.5, 0.6) is 0 Å². The first-order chi connectivity index (χ1) is 12.8. The zero-order valence-electron chi connectivity index (χ0n) is 14.6. The Bertz CT molecular complexity index is 882. The van der Waals surface area contributed by atoms with E-state index in [0.29, 0.717) is 11.6 Å². The highest BCUT2D eigenvalue weighted by Crippen LogP contribution is 2.30. The molecule has 5 heteroatoms. The molecule has 1 aliphatic carbocycles. The summed E-state index contributed by atoms with van der Waals surface area (Å²) < 4.78 is 0. The number of pyridine rings is 1. The second-order valence-electron chi connectivity index (χ2n) is 6.78. The van der Waals surface area contributed by atoms with Crippen molar-refractivity contribution < 1.29 is 4.79 Å². The average Bonchev–Trinajstić information content (AvgIpc) is 3.19. The van der Waals surface area contributed by atoms with Crippen LogP contribution in [0.1, 0.15) is 42.5 Å². The van der Waals surface area contributed by atoms with Gasteiger partial charge in [-0.25, -0.2) is 0 Å². The van der Waals surface area contributed by atoms with E-state index in [-0.39, 0.29) is 5.91 Å². The largest absolute Gasteiger partial charge is 0.349 e. The molecule has 26 heavy (non-hydrogen) atoms. The maximum atomic E-state index is 12.6. The maximum absolute atomic E-state index is 12.6. The van der Waals surface area contributed by atoms with Crippen molar-refractivity contribution in [2.45, 2.75) is 38.1 Å². The molecule has 1 aromatic carbocycles. The van der Waals surface area contributed by atoms with Crippen molar-refractivity contribution in [1.29, 1.82) is 0 Å². The minimum Gasteiger partial charge on any atom is -0.349 e. The Hall–Kier alpha value is -2.95. The molecule has 1 aliphatic rings. The highest BCUT2D eigenvalue weighted by Gasteiger charge is 2.17. The van der Waals surface area contributed by atoms with Gasteiger partial charge in [-0.1, -0.05) is 31.4 Å². The monoisotopic (exact) mass is 346 g/mol. The van der Waals surface area contributed by atoms with Gasteiger partial charge in [0.1, 0.15) is 0 Å². The predicted molar refractivity (Wildman–Crippen MR) is 102 cm³/mol. The third-order valence-electron chi connectivity index (χ3n) is 4.98. The smallest absolute Gasteiger partial charge is 0.251 e. The molecule has 0 bridgehead atoms. The number of hydrogen-bond donors (Lipinski definition) is 2. The second-order valence-corrected chi connectivity index (χ2v) is 6.78. The van der Waals surface area contributed by atoms with Gasteiger partial charge in [0.2, 0.25) is 0 Å². The Morgan fingerprint density at radius 3 is 2.65 bits per heavy atom. The average molecular weight is 346 g/mol. The van der Waals surface area contributed by atoms with Gasteiger partial charge in [0, 0.05) is 35.1 Å². The van der Waals surface area contributed by atoms with Gasteiger partial charge in [-0.3, -0.25) is 14.9 Å². The van der Waals surface area contributed by atoms with E-state index in [1.54, 1.807) is 18.6 Å². The van der Waals surface area contributed by atoms with Crippen LogP contribution < -0.4 is 5.32 Å². The third kappa shape index (κ3) is 3.52. The number of hydrogen-bond acceptors (Lipinski definition) is 3. The molecule has 0 unspecified atom stereocenters. The van der Waals surface area contributed by atoms with Crippen LogP contribution in [0.15, 0.2) is 55.0 Å². The summed E-state index contributed by atoms with van der Waals surface area (Å²) in [5, 5.41) is 10.4. The molecule has 1 saturated carbocycles. The van der Waals surface area contributed by atoms with Gasteiger partial charge in [-0.15, -0.1) is 0 Å². The molecule has 2 N–H and O–H groups in total. The number of rotatable bonds is 4. The number of carbonyl (C=O) groups excluding carboxylic acids is 1. The topological polar surface area (TPSA) is 70.7 Å². The molecule has 0 aliphatic heterocycles.